The Morgan fingerprint density at radius 1 is 0.268 bits per heavy atom. The van der Waals surface area contributed by atoms with Gasteiger partial charge in [-0.2, -0.15) is 21.9 Å². The van der Waals surface area contributed by atoms with E-state index in [9.17, 15) is 0 Å². The number of rotatable bonds is 4. The van der Waals surface area contributed by atoms with Gasteiger partial charge in [-0.3, -0.25) is 0 Å². The minimum Gasteiger partial charge on any atom is -0.195 e. The van der Waals surface area contributed by atoms with Crippen LogP contribution >= 0.6 is 139 Å². The van der Waals surface area contributed by atoms with Crippen LogP contribution in [0.25, 0.3) is 0 Å². The Labute approximate surface area is 298 Å². The molecule has 0 saturated carbocycles. The molecule has 0 aliphatic rings. The van der Waals surface area contributed by atoms with Crippen LogP contribution in [0.5, 0.6) is 0 Å². The predicted molar refractivity (Wildman–Crippen MR) is 187 cm³/mol. The number of alkyl halides is 12. The second-order valence-electron chi connectivity index (χ2n) is 9.35. The molecule has 0 aliphatic heterocycles. The van der Waals surface area contributed by atoms with Crippen LogP contribution in [0.1, 0.15) is 22.3 Å². The van der Waals surface area contributed by atoms with Gasteiger partial charge in [0.1, 0.15) is 6.15 Å². The van der Waals surface area contributed by atoms with Gasteiger partial charge < -0.3 is 0 Å². The summed E-state index contributed by atoms with van der Waals surface area (Å²) < 4.78 is -6.45. The molecule has 0 fully saturated rings. The van der Waals surface area contributed by atoms with Crippen molar-refractivity contribution in [3.63, 3.8) is 0 Å². The molecule has 4 aromatic rings. The molecule has 0 spiro atoms. The van der Waals surface area contributed by atoms with Gasteiger partial charge in [0.25, 0.3) is 0 Å². The van der Waals surface area contributed by atoms with Crippen molar-refractivity contribution in [3.8, 4) is 0 Å². The van der Waals surface area contributed by atoms with Crippen molar-refractivity contribution >= 4 is 167 Å². The highest BCUT2D eigenvalue weighted by molar-refractivity contribution is 7.19. The zero-order valence-electron chi connectivity index (χ0n) is 20.4. The molecule has 0 saturated heterocycles. The van der Waals surface area contributed by atoms with Crippen molar-refractivity contribution in [2.24, 2.45) is 0 Å². The van der Waals surface area contributed by atoms with Crippen molar-refractivity contribution in [3.05, 3.63) is 119 Å². The Morgan fingerprint density at radius 2 is 0.415 bits per heavy atom. The third-order valence-corrected chi connectivity index (χ3v) is 9.57. The summed E-state index contributed by atoms with van der Waals surface area (Å²) in [6.07, 6.45) is -1.95. The number of halogens is 12. The third kappa shape index (κ3) is 7.63. The van der Waals surface area contributed by atoms with E-state index in [0.29, 0.717) is 22.3 Å². The Morgan fingerprint density at radius 3 is 0.537 bits per heavy atom. The van der Waals surface area contributed by atoms with Gasteiger partial charge in [-0.25, -0.2) is 0 Å². The van der Waals surface area contributed by atoms with Crippen LogP contribution in [0.3, 0.4) is 0 Å². The van der Waals surface area contributed by atoms with Crippen molar-refractivity contribution < 1.29 is 0 Å². The van der Waals surface area contributed by atoms with Crippen molar-refractivity contribution in [2.45, 2.75) is 15.2 Å². The average Bonchev–Trinajstić information content (AvgIpc) is 2.88. The van der Waals surface area contributed by atoms with Crippen LogP contribution in [0.15, 0.2) is 97.1 Å². The molecule has 0 heterocycles. The first kappa shape index (κ1) is 34.3. The van der Waals surface area contributed by atoms with Gasteiger partial charge in [0.15, 0.2) is 0 Å². The van der Waals surface area contributed by atoms with Gasteiger partial charge >= 0.3 is 0 Å². The van der Waals surface area contributed by atoms with Gasteiger partial charge in [-0.05, 0) is 0 Å². The molecular formula is C28H16BCl12-. The Bertz CT molecular complexity index is 1240. The lowest BCUT2D eigenvalue weighted by Crippen LogP contribution is -2.74. The molecule has 0 bridgehead atoms. The van der Waals surface area contributed by atoms with Gasteiger partial charge in [-0.1, -0.05) is 236 Å². The smallest absolute Gasteiger partial charge is 0.195 e. The van der Waals surface area contributed by atoms with E-state index >= 15 is 0 Å². The number of benzene rings is 4. The zero-order chi connectivity index (χ0) is 30.4. The topological polar surface area (TPSA) is 0 Å². The summed E-state index contributed by atoms with van der Waals surface area (Å²) in [7, 11) is 0. The first-order chi connectivity index (χ1) is 18.8. The number of hydrogen-bond acceptors (Lipinski definition) is 0. The first-order valence-electron chi connectivity index (χ1n) is 11.7. The van der Waals surface area contributed by atoms with Crippen LogP contribution in [0.4, 0.5) is 0 Å². The van der Waals surface area contributed by atoms with Gasteiger partial charge in [-0.15, -0.1) is 0 Å². The summed E-state index contributed by atoms with van der Waals surface area (Å²) in [6.45, 7) is 0. The molecule has 4 rings (SSSR count). The van der Waals surface area contributed by atoms with Crippen LogP contribution in [-0.2, 0) is 15.2 Å². The predicted octanol–water partition coefficient (Wildman–Crippen LogP) is 10.4. The summed E-state index contributed by atoms with van der Waals surface area (Å²) in [5.74, 6) is 0. The van der Waals surface area contributed by atoms with E-state index in [2.05, 4.69) is 0 Å². The summed E-state index contributed by atoms with van der Waals surface area (Å²) in [5.41, 5.74) is 5.53. The Hall–Kier alpha value is 0.425. The second-order valence-corrected chi connectivity index (χ2v) is 18.5. The lowest BCUT2D eigenvalue weighted by atomic mass is 9.13. The van der Waals surface area contributed by atoms with E-state index in [1.807, 2.05) is 48.5 Å². The minimum absolute atomic E-state index is 0.501. The van der Waals surface area contributed by atoms with Crippen LogP contribution < -0.4 is 21.9 Å². The second kappa shape index (κ2) is 12.7. The quantitative estimate of drug-likeness (QED) is 0.143. The lowest BCUT2D eigenvalue weighted by Gasteiger charge is -2.45. The maximum absolute atomic E-state index is 6.18. The molecule has 4 aromatic carbocycles. The van der Waals surface area contributed by atoms with E-state index in [0.717, 1.165) is 21.9 Å². The largest absolute Gasteiger partial charge is 0.216 e. The molecule has 0 aliphatic carbocycles. The maximum Gasteiger partial charge on any atom is 0.216 e. The average molecular weight is 789 g/mol. The molecule has 13 heteroatoms. The molecule has 0 aromatic heterocycles. The van der Waals surface area contributed by atoms with Crippen molar-refractivity contribution in [2.75, 3.05) is 0 Å². The molecule has 216 valence electrons. The summed E-state index contributed by atoms with van der Waals surface area (Å²) in [5, 5.41) is 0. The van der Waals surface area contributed by atoms with E-state index in [1.165, 1.54) is 0 Å². The maximum atomic E-state index is 6.18. The van der Waals surface area contributed by atoms with E-state index < -0.39 is 21.3 Å². The normalized spacial score (nSPS) is 13.4. The van der Waals surface area contributed by atoms with Crippen LogP contribution in [0.2, 0.25) is 0 Å². The zero-order valence-corrected chi connectivity index (χ0v) is 29.4. The van der Waals surface area contributed by atoms with Gasteiger partial charge in [0.05, 0.1) is 0 Å². The molecule has 0 unspecified atom stereocenters. The summed E-state index contributed by atoms with van der Waals surface area (Å²) >= 11 is 74.2. The van der Waals surface area contributed by atoms with Crippen LogP contribution in [-0.4, -0.2) is 6.15 Å². The molecular weight excluding hydrogens is 773 g/mol. The molecule has 0 radical (unpaired) electrons. The molecule has 0 amide bonds. The highest BCUT2D eigenvalue weighted by atomic mass is 35.6. The molecule has 0 N–H and O–H groups in total. The standard InChI is InChI=1S/C28H16BCl12/c30-25(31,32)17-1-9-21(10-2-17)29(22-11-3-18(4-12-22)26(33,34)35,23-13-5-19(6-14-23)27(36,37)38)24-15-7-20(8-16-24)28(39,40)41/h1-16H/q-1. The van der Waals surface area contributed by atoms with Crippen LogP contribution in [0, 0.1) is 0 Å². The van der Waals surface area contributed by atoms with E-state index in [-0.39, 0.29) is 0 Å². The van der Waals surface area contributed by atoms with E-state index in [4.69, 9.17) is 139 Å². The lowest BCUT2D eigenvalue weighted by molar-refractivity contribution is 1.24. The molecule has 0 nitrogen and oxygen atoms in total. The molecule has 41 heavy (non-hydrogen) atoms. The van der Waals surface area contributed by atoms with Gasteiger partial charge in [0, 0.05) is 22.3 Å². The summed E-state index contributed by atoms with van der Waals surface area (Å²) in [4.78, 5) is 0. The van der Waals surface area contributed by atoms with Crippen molar-refractivity contribution in [1.82, 2.24) is 0 Å². The fraction of sp³-hybridized carbons (Fsp3) is 0.143. The number of hydrogen-bond donors (Lipinski definition) is 0. The Kier molecular flexibility index (Phi) is 10.6. The molecule has 0 atom stereocenters. The van der Waals surface area contributed by atoms with Crippen molar-refractivity contribution in [1.29, 1.82) is 0 Å². The highest BCUT2D eigenvalue weighted by Crippen LogP contribution is 2.40. The monoisotopic (exact) mass is 783 g/mol. The third-order valence-electron chi connectivity index (χ3n) is 6.95. The fourth-order valence-electron chi connectivity index (χ4n) is 5.00. The van der Waals surface area contributed by atoms with E-state index in [1.54, 1.807) is 48.5 Å². The van der Waals surface area contributed by atoms with Gasteiger partial charge in [0.2, 0.25) is 15.2 Å². The fourth-order valence-corrected chi connectivity index (χ4v) is 6.51. The minimum atomic E-state index is -1.95. The summed E-state index contributed by atoms with van der Waals surface area (Å²) in [6, 6.07) is 29.4. The Balaban J connectivity index is 2.09. The SMILES string of the molecule is ClC(Cl)(Cl)c1ccc([B-](c2ccc(C(Cl)(Cl)Cl)cc2)(c2ccc(C(Cl)(Cl)Cl)cc2)c2ccc(C(Cl)(Cl)Cl)cc2)cc1. The first-order valence-corrected chi connectivity index (χ1v) is 16.2. The highest BCUT2D eigenvalue weighted by Gasteiger charge is 2.35.